The number of nitrogens with zero attached hydrogens (tertiary/aromatic N) is 4. The molecule has 2 aromatic heterocycles. The van der Waals surface area contributed by atoms with Crippen LogP contribution in [0.1, 0.15) is 25.7 Å². The van der Waals surface area contributed by atoms with Gasteiger partial charge in [0.1, 0.15) is 12.1 Å². The van der Waals surface area contributed by atoms with E-state index in [9.17, 15) is 18.3 Å². The third-order valence-corrected chi connectivity index (χ3v) is 5.20. The molecule has 0 spiro atoms. The van der Waals surface area contributed by atoms with Crippen LogP contribution in [-0.4, -0.2) is 43.0 Å². The van der Waals surface area contributed by atoms with Crippen LogP contribution in [0, 0.1) is 5.92 Å². The normalized spacial score (nSPS) is 23.1. The van der Waals surface area contributed by atoms with Gasteiger partial charge < -0.3 is 10.4 Å². The Morgan fingerprint density at radius 2 is 2.04 bits per heavy atom. The van der Waals surface area contributed by atoms with Gasteiger partial charge in [0.15, 0.2) is 0 Å². The summed E-state index contributed by atoms with van der Waals surface area (Å²) in [5, 5.41) is 17.9. The van der Waals surface area contributed by atoms with Gasteiger partial charge in [-0.15, -0.1) is 0 Å². The number of aliphatic hydroxyl groups is 1. The maximum atomic E-state index is 13.1. The van der Waals surface area contributed by atoms with Crippen LogP contribution in [0.15, 0.2) is 42.7 Å². The lowest BCUT2D eigenvalue weighted by Gasteiger charge is -2.37. The van der Waals surface area contributed by atoms with Gasteiger partial charge in [0.2, 0.25) is 0 Å². The summed E-state index contributed by atoms with van der Waals surface area (Å²) in [7, 11) is 0. The molecule has 2 unspecified atom stereocenters. The van der Waals surface area contributed by atoms with Crippen LogP contribution in [0.5, 0.6) is 0 Å². The van der Waals surface area contributed by atoms with E-state index in [1.807, 2.05) is 30.3 Å². The number of rotatable bonds is 4. The van der Waals surface area contributed by atoms with Crippen molar-refractivity contribution < 1.29 is 18.3 Å². The van der Waals surface area contributed by atoms with Crippen molar-refractivity contribution in [3.8, 4) is 11.3 Å². The van der Waals surface area contributed by atoms with Gasteiger partial charge in [-0.05, 0) is 25.7 Å². The van der Waals surface area contributed by atoms with E-state index in [0.29, 0.717) is 30.1 Å². The first kappa shape index (κ1) is 18.7. The van der Waals surface area contributed by atoms with E-state index in [4.69, 9.17) is 0 Å². The molecule has 1 saturated carbocycles. The first-order valence-corrected chi connectivity index (χ1v) is 9.13. The van der Waals surface area contributed by atoms with Crippen molar-refractivity contribution in [2.45, 2.75) is 37.5 Å². The molecule has 9 heteroatoms. The lowest BCUT2D eigenvalue weighted by atomic mass is 9.77. The Morgan fingerprint density at radius 3 is 2.79 bits per heavy atom. The molecule has 0 saturated heterocycles. The molecule has 4 rings (SSSR count). The minimum Gasteiger partial charge on any atom is -0.388 e. The van der Waals surface area contributed by atoms with Gasteiger partial charge in [-0.3, -0.25) is 0 Å². The fourth-order valence-electron chi connectivity index (χ4n) is 3.73. The number of aromatic nitrogens is 4. The lowest BCUT2D eigenvalue weighted by molar-refractivity contribution is -0.199. The summed E-state index contributed by atoms with van der Waals surface area (Å²) in [6.45, 7) is -0.00716. The number of benzene rings is 1. The van der Waals surface area contributed by atoms with E-state index in [1.165, 1.54) is 10.8 Å². The molecule has 0 radical (unpaired) electrons. The highest BCUT2D eigenvalue weighted by Crippen LogP contribution is 2.41. The highest BCUT2D eigenvalue weighted by molar-refractivity contribution is 5.65. The number of anilines is 1. The molecule has 0 aliphatic heterocycles. The first-order valence-electron chi connectivity index (χ1n) is 9.13. The summed E-state index contributed by atoms with van der Waals surface area (Å²) < 4.78 is 40.8. The second kappa shape index (κ2) is 7.05. The molecule has 6 nitrogen and oxygen atoms in total. The van der Waals surface area contributed by atoms with Crippen molar-refractivity contribution in [3.63, 3.8) is 0 Å². The molecule has 1 aliphatic rings. The van der Waals surface area contributed by atoms with E-state index in [0.717, 1.165) is 5.56 Å². The predicted molar refractivity (Wildman–Crippen MR) is 97.7 cm³/mol. The number of hydrogen-bond acceptors (Lipinski definition) is 5. The van der Waals surface area contributed by atoms with E-state index in [-0.39, 0.29) is 19.4 Å². The summed E-state index contributed by atoms with van der Waals surface area (Å²) in [6, 6.07) is 11.2. The number of fused-ring (bicyclic) bond motifs is 1. The van der Waals surface area contributed by atoms with Gasteiger partial charge in [0, 0.05) is 18.2 Å². The monoisotopic (exact) mass is 391 g/mol. The minimum atomic E-state index is -4.29. The zero-order valence-corrected chi connectivity index (χ0v) is 15.0. The molecule has 3 aromatic rings. The lowest BCUT2D eigenvalue weighted by Crippen LogP contribution is -2.45. The molecular weight excluding hydrogens is 371 g/mol. The minimum absolute atomic E-state index is 0.00716. The van der Waals surface area contributed by atoms with Crippen LogP contribution in [0.4, 0.5) is 19.0 Å². The SMILES string of the molecule is OC1(CNc2cc(-c3ccccc3)nc3ncnn23)CCCC(C(F)(F)F)C1. The Morgan fingerprint density at radius 1 is 1.25 bits per heavy atom. The fourth-order valence-corrected chi connectivity index (χ4v) is 3.73. The largest absolute Gasteiger partial charge is 0.391 e. The molecule has 1 fully saturated rings. The number of alkyl halides is 3. The molecule has 0 bridgehead atoms. The molecule has 2 N–H and O–H groups in total. The molecule has 1 aliphatic carbocycles. The van der Waals surface area contributed by atoms with Crippen molar-refractivity contribution in [3.05, 3.63) is 42.7 Å². The summed E-state index contributed by atoms with van der Waals surface area (Å²) >= 11 is 0. The maximum Gasteiger partial charge on any atom is 0.391 e. The molecule has 28 heavy (non-hydrogen) atoms. The summed E-state index contributed by atoms with van der Waals surface area (Å²) in [6.07, 6.45) is -2.51. The van der Waals surface area contributed by atoms with Gasteiger partial charge >= 0.3 is 6.18 Å². The van der Waals surface area contributed by atoms with Gasteiger partial charge in [0.05, 0.1) is 17.2 Å². The summed E-state index contributed by atoms with van der Waals surface area (Å²) in [5.41, 5.74) is 0.110. The van der Waals surface area contributed by atoms with Crippen molar-refractivity contribution in [1.82, 2.24) is 19.6 Å². The average molecular weight is 391 g/mol. The van der Waals surface area contributed by atoms with Gasteiger partial charge in [-0.1, -0.05) is 30.3 Å². The van der Waals surface area contributed by atoms with Crippen LogP contribution >= 0.6 is 0 Å². The Kier molecular flexibility index (Phi) is 4.70. The second-order valence-electron chi connectivity index (χ2n) is 7.28. The Bertz CT molecular complexity index is 959. The topological polar surface area (TPSA) is 75.3 Å². The number of halogens is 3. The number of nitrogens with one attached hydrogen (secondary N) is 1. The van der Waals surface area contributed by atoms with Crippen LogP contribution in [0.3, 0.4) is 0 Å². The standard InChI is InChI=1S/C19H20F3N5O/c20-19(21,22)14-7-4-8-18(28,10-14)11-23-16-9-15(13-5-2-1-3-6-13)26-17-24-12-25-27(16)17/h1-3,5-6,9,12,14,23,28H,4,7-8,10-11H2. The summed E-state index contributed by atoms with van der Waals surface area (Å²) in [5.74, 6) is -0.590. The second-order valence-corrected chi connectivity index (χ2v) is 7.28. The number of hydrogen-bond donors (Lipinski definition) is 2. The smallest absolute Gasteiger partial charge is 0.388 e. The molecule has 2 heterocycles. The van der Waals surface area contributed by atoms with Crippen LogP contribution in [0.25, 0.3) is 17.0 Å². The van der Waals surface area contributed by atoms with Crippen molar-refractivity contribution in [2.24, 2.45) is 5.92 Å². The molecule has 2 atom stereocenters. The predicted octanol–water partition coefficient (Wildman–Crippen LogP) is 3.69. The van der Waals surface area contributed by atoms with Gasteiger partial charge in [-0.2, -0.15) is 27.8 Å². The molecule has 1 aromatic carbocycles. The third kappa shape index (κ3) is 3.80. The zero-order chi connectivity index (χ0) is 19.8. The van der Waals surface area contributed by atoms with E-state index in [2.05, 4.69) is 20.4 Å². The van der Waals surface area contributed by atoms with E-state index >= 15 is 0 Å². The van der Waals surface area contributed by atoms with Crippen LogP contribution in [0.2, 0.25) is 0 Å². The van der Waals surface area contributed by atoms with E-state index < -0.39 is 17.7 Å². The molecule has 148 valence electrons. The maximum absolute atomic E-state index is 13.1. The Labute approximate surface area is 159 Å². The van der Waals surface area contributed by atoms with Crippen LogP contribution in [-0.2, 0) is 0 Å². The van der Waals surface area contributed by atoms with Gasteiger partial charge in [0.25, 0.3) is 5.78 Å². The van der Waals surface area contributed by atoms with Crippen molar-refractivity contribution in [1.29, 1.82) is 0 Å². The first-order chi connectivity index (χ1) is 13.3. The Balaban J connectivity index is 1.58. The third-order valence-electron chi connectivity index (χ3n) is 5.20. The Hall–Kier alpha value is -2.68. The molecular formula is C19H20F3N5O. The van der Waals surface area contributed by atoms with Crippen LogP contribution < -0.4 is 5.32 Å². The van der Waals surface area contributed by atoms with E-state index in [1.54, 1.807) is 6.07 Å². The van der Waals surface area contributed by atoms with Crippen molar-refractivity contribution in [2.75, 3.05) is 11.9 Å². The highest BCUT2D eigenvalue weighted by atomic mass is 19.4. The molecule has 0 amide bonds. The quantitative estimate of drug-likeness (QED) is 0.710. The zero-order valence-electron chi connectivity index (χ0n) is 15.0. The fraction of sp³-hybridized carbons (Fsp3) is 0.421. The summed E-state index contributed by atoms with van der Waals surface area (Å²) in [4.78, 5) is 8.57. The highest BCUT2D eigenvalue weighted by Gasteiger charge is 2.46. The van der Waals surface area contributed by atoms with Crippen molar-refractivity contribution >= 4 is 11.6 Å². The average Bonchev–Trinajstić information content (AvgIpc) is 3.15. The van der Waals surface area contributed by atoms with Gasteiger partial charge in [-0.25, -0.2) is 4.98 Å².